The number of carbonyl (C=O) groups excluding carboxylic acids is 2. The van der Waals surface area contributed by atoms with Crippen LogP contribution in [-0.4, -0.2) is 68.8 Å². The Bertz CT molecular complexity index is 1390. The van der Waals surface area contributed by atoms with E-state index in [0.29, 0.717) is 24.5 Å². The van der Waals surface area contributed by atoms with Crippen LogP contribution in [-0.2, 0) is 15.7 Å². The van der Waals surface area contributed by atoms with Gasteiger partial charge in [-0.05, 0) is 38.2 Å². The van der Waals surface area contributed by atoms with E-state index < -0.39 is 83.6 Å². The van der Waals surface area contributed by atoms with E-state index >= 15 is 8.78 Å². The molecule has 9 nitrogen and oxygen atoms in total. The molecular weight excluding hydrogens is 627 g/mol. The summed E-state index contributed by atoms with van der Waals surface area (Å²) in [4.78, 5) is 31.4. The van der Waals surface area contributed by atoms with Crippen molar-refractivity contribution < 1.29 is 49.8 Å². The zero-order valence-corrected chi connectivity index (χ0v) is 24.8. The summed E-state index contributed by atoms with van der Waals surface area (Å²) in [5.41, 5.74) is -2.23. The number of hydrogen-bond donors (Lipinski definition) is 3. The number of nitrogens with zero attached hydrogens (tertiary/aromatic N) is 2. The molecule has 0 radical (unpaired) electrons. The molecule has 2 saturated heterocycles. The molecule has 3 amide bonds. The molecule has 1 aliphatic carbocycles. The molecule has 3 aliphatic rings. The molecule has 16 heteroatoms. The normalized spacial score (nSPS) is 25.2. The van der Waals surface area contributed by atoms with Crippen LogP contribution in [0.5, 0.6) is 5.75 Å². The van der Waals surface area contributed by atoms with Crippen molar-refractivity contribution in [1.29, 1.82) is 0 Å². The fraction of sp³-hybridized carbons (Fsp3) is 0.567. The highest BCUT2D eigenvalue weighted by molar-refractivity contribution is 6.03. The van der Waals surface area contributed by atoms with Crippen LogP contribution in [0.4, 0.5) is 47.0 Å². The molecule has 252 valence electrons. The predicted octanol–water partition coefficient (Wildman–Crippen LogP) is 5.46. The van der Waals surface area contributed by atoms with Gasteiger partial charge in [0.15, 0.2) is 0 Å². The maximum atomic E-state index is 15.3. The lowest BCUT2D eigenvalue weighted by Crippen LogP contribution is -2.51. The minimum Gasteiger partial charge on any atom is -0.497 e. The molecule has 5 rings (SSSR count). The number of ether oxygens (including phenoxy) is 2. The quantitative estimate of drug-likeness (QED) is 0.309. The molecule has 46 heavy (non-hydrogen) atoms. The Morgan fingerprint density at radius 3 is 2.39 bits per heavy atom. The van der Waals surface area contributed by atoms with Crippen LogP contribution >= 0.6 is 0 Å². The minimum absolute atomic E-state index is 0.0333. The monoisotopic (exact) mass is 661 g/mol. The van der Waals surface area contributed by atoms with Gasteiger partial charge in [0.1, 0.15) is 34.8 Å². The van der Waals surface area contributed by atoms with Crippen molar-refractivity contribution in [2.24, 2.45) is 11.8 Å². The fourth-order valence-electron chi connectivity index (χ4n) is 6.34. The third-order valence-electron chi connectivity index (χ3n) is 8.80. The van der Waals surface area contributed by atoms with E-state index in [4.69, 9.17) is 9.47 Å². The van der Waals surface area contributed by atoms with Gasteiger partial charge in [0, 0.05) is 67.4 Å². The standard InChI is InChI=1S/C30H34F7N5O4/c1-45-18-10-20(31)23(21(32)11-18)19-13-42(28(43)25(19)41-29(44)40-17-4-2-16(3-5-17)26(33)34)27-24(30(35,36)37)22(6-8-38-27)39-12-15-7-9-46-14-15/h6,8,10-11,15-17,19,25-26H,2-5,7,9,12-14H2,1H3,(H,38,39)(H2,40,41,44)/t15?,16?,17?,19-,25?/m0/s1. The first kappa shape index (κ1) is 33.5. The molecule has 3 heterocycles. The second-order valence-electron chi connectivity index (χ2n) is 11.8. The first-order chi connectivity index (χ1) is 21.9. The SMILES string of the molecule is COc1cc(F)c([C@@H]2CN(c3nccc(NCC4CCOC4)c3C(F)(F)F)C(=O)C2NC(=O)NC2CCC(C(F)F)CC2)c(F)c1. The van der Waals surface area contributed by atoms with Gasteiger partial charge in [0.25, 0.3) is 5.91 Å². The predicted molar refractivity (Wildman–Crippen MR) is 152 cm³/mol. The smallest absolute Gasteiger partial charge is 0.421 e. The minimum atomic E-state index is -5.00. The van der Waals surface area contributed by atoms with Gasteiger partial charge >= 0.3 is 12.2 Å². The number of urea groups is 1. The largest absolute Gasteiger partial charge is 0.497 e. The number of halogens is 7. The van der Waals surface area contributed by atoms with Crippen LogP contribution in [0.3, 0.4) is 0 Å². The van der Waals surface area contributed by atoms with Crippen molar-refractivity contribution in [3.8, 4) is 5.75 Å². The van der Waals surface area contributed by atoms with E-state index in [9.17, 15) is 31.5 Å². The fourth-order valence-corrected chi connectivity index (χ4v) is 6.34. The second kappa shape index (κ2) is 13.9. The highest BCUT2D eigenvalue weighted by Crippen LogP contribution is 2.44. The van der Waals surface area contributed by atoms with Crippen molar-refractivity contribution in [2.75, 3.05) is 43.6 Å². The number of pyridine rings is 1. The Morgan fingerprint density at radius 1 is 1.11 bits per heavy atom. The highest BCUT2D eigenvalue weighted by atomic mass is 19.4. The van der Waals surface area contributed by atoms with Crippen LogP contribution in [0.1, 0.15) is 49.1 Å². The topological polar surface area (TPSA) is 105 Å². The summed E-state index contributed by atoms with van der Waals surface area (Å²) in [6, 6.07) is -0.304. The number of amides is 3. The van der Waals surface area contributed by atoms with Crippen LogP contribution in [0.25, 0.3) is 0 Å². The summed E-state index contributed by atoms with van der Waals surface area (Å²) in [6.45, 7) is 0.371. The van der Waals surface area contributed by atoms with Crippen LogP contribution in [0, 0.1) is 23.5 Å². The number of carbonyl (C=O) groups is 2. The van der Waals surface area contributed by atoms with E-state index in [1.165, 1.54) is 7.11 Å². The van der Waals surface area contributed by atoms with E-state index in [0.717, 1.165) is 24.4 Å². The van der Waals surface area contributed by atoms with Gasteiger partial charge < -0.3 is 25.4 Å². The Kier molecular flexibility index (Phi) is 10.1. The Labute approximate surface area is 260 Å². The zero-order valence-electron chi connectivity index (χ0n) is 24.8. The molecule has 2 aliphatic heterocycles. The number of rotatable bonds is 9. The van der Waals surface area contributed by atoms with Crippen molar-refractivity contribution in [3.63, 3.8) is 0 Å². The number of aromatic nitrogens is 1. The third-order valence-corrected chi connectivity index (χ3v) is 8.80. The molecule has 2 unspecified atom stereocenters. The maximum absolute atomic E-state index is 15.3. The summed E-state index contributed by atoms with van der Waals surface area (Å²) in [5, 5.41) is 7.76. The summed E-state index contributed by atoms with van der Waals surface area (Å²) in [6.07, 6.45) is -4.95. The Hall–Kier alpha value is -3.82. The summed E-state index contributed by atoms with van der Waals surface area (Å²) < 4.78 is 111. The van der Waals surface area contributed by atoms with Crippen molar-refractivity contribution >= 4 is 23.4 Å². The van der Waals surface area contributed by atoms with E-state index in [1.54, 1.807) is 0 Å². The van der Waals surface area contributed by atoms with Gasteiger partial charge in [-0.25, -0.2) is 27.3 Å². The average Bonchev–Trinajstić information content (AvgIpc) is 3.63. The Morgan fingerprint density at radius 2 is 1.80 bits per heavy atom. The van der Waals surface area contributed by atoms with Gasteiger partial charge in [0.2, 0.25) is 6.43 Å². The molecule has 1 saturated carbocycles. The molecule has 3 fully saturated rings. The number of methoxy groups -OCH3 is 1. The van der Waals surface area contributed by atoms with E-state index in [2.05, 4.69) is 20.9 Å². The molecule has 1 aromatic heterocycles. The van der Waals surface area contributed by atoms with Crippen LogP contribution < -0.4 is 25.6 Å². The lowest BCUT2D eigenvalue weighted by molar-refractivity contribution is -0.136. The first-order valence-corrected chi connectivity index (χ1v) is 14.9. The maximum Gasteiger partial charge on any atom is 0.421 e. The summed E-state index contributed by atoms with van der Waals surface area (Å²) >= 11 is 0. The van der Waals surface area contributed by atoms with Crippen molar-refractivity contribution in [3.05, 3.63) is 47.2 Å². The molecule has 3 N–H and O–H groups in total. The number of anilines is 2. The van der Waals surface area contributed by atoms with Gasteiger partial charge in [0.05, 0.1) is 19.4 Å². The van der Waals surface area contributed by atoms with Crippen molar-refractivity contribution in [2.45, 2.75) is 62.7 Å². The molecule has 2 aromatic rings. The number of hydrogen-bond acceptors (Lipinski definition) is 6. The van der Waals surface area contributed by atoms with Gasteiger partial charge in [-0.3, -0.25) is 9.69 Å². The average molecular weight is 662 g/mol. The summed E-state index contributed by atoms with van der Waals surface area (Å²) in [7, 11) is 1.18. The number of nitrogens with one attached hydrogen (secondary N) is 3. The van der Waals surface area contributed by atoms with Crippen LogP contribution in [0.15, 0.2) is 24.4 Å². The lowest BCUT2D eigenvalue weighted by atomic mass is 9.86. The third kappa shape index (κ3) is 7.26. The first-order valence-electron chi connectivity index (χ1n) is 14.9. The van der Waals surface area contributed by atoms with E-state index in [1.807, 2.05) is 0 Å². The van der Waals surface area contributed by atoms with Gasteiger partial charge in [-0.1, -0.05) is 0 Å². The molecule has 3 atom stereocenters. The van der Waals surface area contributed by atoms with Gasteiger partial charge in [-0.2, -0.15) is 13.2 Å². The number of benzene rings is 1. The summed E-state index contributed by atoms with van der Waals surface area (Å²) in [5.74, 6) is -6.62. The zero-order chi connectivity index (χ0) is 33.2. The van der Waals surface area contributed by atoms with Gasteiger partial charge in [-0.15, -0.1) is 0 Å². The van der Waals surface area contributed by atoms with Crippen molar-refractivity contribution in [1.82, 2.24) is 15.6 Å². The molecular formula is C30H34F7N5O4. The Balaban J connectivity index is 1.45. The highest BCUT2D eigenvalue weighted by Gasteiger charge is 2.49. The molecule has 0 bridgehead atoms. The molecule has 1 aromatic carbocycles. The second-order valence-corrected chi connectivity index (χ2v) is 11.8. The number of alkyl halides is 5. The van der Waals surface area contributed by atoms with E-state index in [-0.39, 0.29) is 49.6 Å². The lowest BCUT2D eigenvalue weighted by Gasteiger charge is -2.29. The van der Waals surface area contributed by atoms with Crippen LogP contribution in [0.2, 0.25) is 0 Å². The molecule has 0 spiro atoms.